The molecule has 1 N–H and O–H groups in total. The van der Waals surface area contributed by atoms with Crippen LogP contribution in [0.1, 0.15) is 58.8 Å². The van der Waals surface area contributed by atoms with Gasteiger partial charge in [-0.3, -0.25) is 4.79 Å². The highest BCUT2D eigenvalue weighted by Gasteiger charge is 2.12. The lowest BCUT2D eigenvalue weighted by Crippen LogP contribution is -2.22. The number of carboxylic acid groups (broad SMARTS) is 1. The van der Waals surface area contributed by atoms with Gasteiger partial charge in [-0.1, -0.05) is 23.3 Å². The molecule has 0 spiro atoms. The van der Waals surface area contributed by atoms with Crippen molar-refractivity contribution < 1.29 is 19.4 Å². The first-order valence-electron chi connectivity index (χ1n) is 7.84. The molecule has 4 heteroatoms. The minimum absolute atomic E-state index is 0.0269. The lowest BCUT2D eigenvalue weighted by atomic mass is 10.1. The van der Waals surface area contributed by atoms with Crippen molar-refractivity contribution in [2.45, 2.75) is 65.1 Å². The lowest BCUT2D eigenvalue weighted by Gasteiger charge is -2.22. The van der Waals surface area contributed by atoms with Gasteiger partial charge < -0.3 is 14.6 Å². The van der Waals surface area contributed by atoms with Gasteiger partial charge in [-0.05, 0) is 52.4 Å². The molecule has 0 amide bonds. The highest BCUT2D eigenvalue weighted by Crippen LogP contribution is 2.14. The van der Waals surface area contributed by atoms with Crippen LogP contribution < -0.4 is 0 Å². The van der Waals surface area contributed by atoms with Crippen LogP contribution in [0.4, 0.5) is 0 Å². The Kier molecular flexibility index (Phi) is 9.02. The summed E-state index contributed by atoms with van der Waals surface area (Å²) in [4.78, 5) is 10.5. The molecule has 0 aromatic heterocycles. The van der Waals surface area contributed by atoms with Crippen LogP contribution in [-0.2, 0) is 14.3 Å². The Morgan fingerprint density at radius 2 is 1.95 bits per heavy atom. The number of aliphatic carboxylic acids is 1. The summed E-state index contributed by atoms with van der Waals surface area (Å²) in [6.07, 6.45) is 10.3. The monoisotopic (exact) mass is 296 g/mol. The number of ether oxygens (including phenoxy) is 2. The Morgan fingerprint density at radius 1 is 1.19 bits per heavy atom. The van der Waals surface area contributed by atoms with Gasteiger partial charge in [0.05, 0.1) is 6.61 Å². The van der Waals surface area contributed by atoms with Crippen molar-refractivity contribution in [1.82, 2.24) is 0 Å². The van der Waals surface area contributed by atoms with Gasteiger partial charge in [-0.25, -0.2) is 0 Å². The van der Waals surface area contributed by atoms with Crippen molar-refractivity contribution in [2.24, 2.45) is 0 Å². The van der Waals surface area contributed by atoms with E-state index >= 15 is 0 Å². The Labute approximate surface area is 127 Å². The van der Waals surface area contributed by atoms with Crippen LogP contribution in [0, 0.1) is 0 Å². The van der Waals surface area contributed by atoms with Crippen molar-refractivity contribution in [2.75, 3.05) is 13.2 Å². The van der Waals surface area contributed by atoms with Crippen molar-refractivity contribution in [1.29, 1.82) is 0 Å². The van der Waals surface area contributed by atoms with E-state index in [0.717, 1.165) is 37.9 Å². The molecule has 21 heavy (non-hydrogen) atoms. The third-order valence-corrected chi connectivity index (χ3v) is 3.62. The maximum absolute atomic E-state index is 10.5. The summed E-state index contributed by atoms with van der Waals surface area (Å²) >= 11 is 0. The molecule has 1 saturated heterocycles. The Balaban J connectivity index is 2.13. The normalized spacial score (nSPS) is 20.6. The highest BCUT2D eigenvalue weighted by molar-refractivity contribution is 5.66. The largest absolute Gasteiger partial charge is 0.481 e. The first-order chi connectivity index (χ1) is 10.1. The Morgan fingerprint density at radius 3 is 2.62 bits per heavy atom. The zero-order valence-corrected chi connectivity index (χ0v) is 13.3. The second kappa shape index (κ2) is 10.6. The molecular formula is C17H28O4. The second-order valence-electron chi connectivity index (χ2n) is 5.66. The first-order valence-corrected chi connectivity index (χ1v) is 7.84. The molecule has 0 aromatic carbocycles. The molecule has 1 atom stereocenters. The molecule has 1 fully saturated rings. The molecule has 0 bridgehead atoms. The van der Waals surface area contributed by atoms with Crippen molar-refractivity contribution >= 4 is 5.97 Å². The highest BCUT2D eigenvalue weighted by atomic mass is 16.7. The Hall–Kier alpha value is -1.13. The maximum atomic E-state index is 10.5. The van der Waals surface area contributed by atoms with Crippen LogP contribution in [0.3, 0.4) is 0 Å². The fourth-order valence-electron chi connectivity index (χ4n) is 2.19. The molecule has 1 aliphatic heterocycles. The SMILES string of the molecule is CC(=CCOC1CCCCO1)CCC=C(C)CCC(=O)O. The minimum atomic E-state index is -0.735. The van der Waals surface area contributed by atoms with Crippen LogP contribution in [0.2, 0.25) is 0 Å². The average Bonchev–Trinajstić information content (AvgIpc) is 2.46. The summed E-state index contributed by atoms with van der Waals surface area (Å²) in [5.41, 5.74) is 2.45. The van der Waals surface area contributed by atoms with E-state index in [9.17, 15) is 4.79 Å². The van der Waals surface area contributed by atoms with E-state index in [1.165, 1.54) is 12.0 Å². The maximum Gasteiger partial charge on any atom is 0.303 e. The molecule has 0 radical (unpaired) electrons. The molecule has 0 aliphatic carbocycles. The van der Waals surface area contributed by atoms with E-state index in [4.69, 9.17) is 14.6 Å². The third-order valence-electron chi connectivity index (χ3n) is 3.62. The van der Waals surface area contributed by atoms with Gasteiger partial charge in [-0.15, -0.1) is 0 Å². The minimum Gasteiger partial charge on any atom is -0.481 e. The lowest BCUT2D eigenvalue weighted by molar-refractivity contribution is -0.155. The molecule has 1 rings (SSSR count). The molecule has 1 aliphatic rings. The number of hydrogen-bond donors (Lipinski definition) is 1. The van der Waals surface area contributed by atoms with Gasteiger partial charge in [0.2, 0.25) is 0 Å². The van der Waals surface area contributed by atoms with Gasteiger partial charge in [-0.2, -0.15) is 0 Å². The molecule has 0 saturated carbocycles. The molecule has 4 nitrogen and oxygen atoms in total. The van der Waals surface area contributed by atoms with Gasteiger partial charge >= 0.3 is 5.97 Å². The first kappa shape index (κ1) is 17.9. The topological polar surface area (TPSA) is 55.8 Å². The quantitative estimate of drug-likeness (QED) is 0.652. The van der Waals surface area contributed by atoms with Gasteiger partial charge in [0.1, 0.15) is 0 Å². The van der Waals surface area contributed by atoms with E-state index in [2.05, 4.69) is 19.1 Å². The van der Waals surface area contributed by atoms with Gasteiger partial charge in [0.25, 0.3) is 0 Å². The smallest absolute Gasteiger partial charge is 0.303 e. The number of carbonyl (C=O) groups is 1. The third kappa shape index (κ3) is 9.43. The van der Waals surface area contributed by atoms with E-state index in [1.54, 1.807) is 0 Å². The van der Waals surface area contributed by atoms with Crippen LogP contribution >= 0.6 is 0 Å². The fourth-order valence-corrected chi connectivity index (χ4v) is 2.19. The second-order valence-corrected chi connectivity index (χ2v) is 5.66. The average molecular weight is 296 g/mol. The summed E-state index contributed by atoms with van der Waals surface area (Å²) in [6, 6.07) is 0. The van der Waals surface area contributed by atoms with Gasteiger partial charge in [0.15, 0.2) is 6.29 Å². The molecule has 1 heterocycles. The van der Waals surface area contributed by atoms with Crippen LogP contribution in [0.5, 0.6) is 0 Å². The molecule has 1 unspecified atom stereocenters. The number of allylic oxidation sites excluding steroid dienone is 3. The van der Waals surface area contributed by atoms with E-state index in [1.807, 2.05) is 6.92 Å². The molecule has 120 valence electrons. The zero-order valence-electron chi connectivity index (χ0n) is 13.3. The van der Waals surface area contributed by atoms with Crippen LogP contribution in [-0.4, -0.2) is 30.6 Å². The number of hydrogen-bond acceptors (Lipinski definition) is 3. The number of rotatable bonds is 9. The summed E-state index contributed by atoms with van der Waals surface area (Å²) in [5, 5.41) is 8.62. The summed E-state index contributed by atoms with van der Waals surface area (Å²) in [7, 11) is 0. The summed E-state index contributed by atoms with van der Waals surface area (Å²) < 4.78 is 11.2. The predicted molar refractivity (Wildman–Crippen MR) is 83.2 cm³/mol. The molecule has 0 aromatic rings. The van der Waals surface area contributed by atoms with Gasteiger partial charge in [0, 0.05) is 13.0 Å². The van der Waals surface area contributed by atoms with E-state index in [0.29, 0.717) is 13.0 Å². The van der Waals surface area contributed by atoms with E-state index in [-0.39, 0.29) is 12.7 Å². The molecular weight excluding hydrogens is 268 g/mol. The van der Waals surface area contributed by atoms with Crippen molar-refractivity contribution in [3.63, 3.8) is 0 Å². The fraction of sp³-hybridized carbons (Fsp3) is 0.706. The summed E-state index contributed by atoms with van der Waals surface area (Å²) in [6.45, 7) is 5.52. The summed E-state index contributed by atoms with van der Waals surface area (Å²) in [5.74, 6) is -0.735. The predicted octanol–water partition coefficient (Wildman–Crippen LogP) is 4.07. The Bertz CT molecular complexity index is 365. The standard InChI is InChI=1S/C17H28O4/c1-14(9-10-16(18)19)6-5-7-15(2)11-13-21-17-8-3-4-12-20-17/h6,11,17H,3-5,7-10,12-13H2,1-2H3,(H,18,19). The van der Waals surface area contributed by atoms with Crippen LogP contribution in [0.15, 0.2) is 23.3 Å². The van der Waals surface area contributed by atoms with Crippen molar-refractivity contribution in [3.05, 3.63) is 23.3 Å². The number of carboxylic acids is 1. The van der Waals surface area contributed by atoms with Crippen LogP contribution in [0.25, 0.3) is 0 Å². The van der Waals surface area contributed by atoms with Crippen molar-refractivity contribution in [3.8, 4) is 0 Å². The zero-order chi connectivity index (χ0) is 15.5. The van der Waals surface area contributed by atoms with E-state index < -0.39 is 5.97 Å².